The van der Waals surface area contributed by atoms with Gasteiger partial charge in [-0.3, -0.25) is 4.79 Å². The van der Waals surface area contributed by atoms with Gasteiger partial charge < -0.3 is 15.7 Å². The monoisotopic (exact) mass is 451 g/mol. The van der Waals surface area contributed by atoms with E-state index in [9.17, 15) is 9.90 Å². The number of nitrogens with one attached hydrogen (secondary N) is 2. The molecule has 7 heteroatoms. The van der Waals surface area contributed by atoms with E-state index in [1.54, 1.807) is 22.9 Å². The molecule has 3 N–H and O–H groups in total. The first kappa shape index (κ1) is 21.5. The maximum Gasteiger partial charge on any atom is 0.255 e. The lowest BCUT2D eigenvalue weighted by Gasteiger charge is -2.28. The molecule has 170 valence electrons. The van der Waals surface area contributed by atoms with Crippen molar-refractivity contribution in [3.8, 4) is 17.1 Å². The Morgan fingerprint density at radius 3 is 2.50 bits per heavy atom. The van der Waals surface area contributed by atoms with Gasteiger partial charge in [0.25, 0.3) is 5.91 Å². The van der Waals surface area contributed by atoms with Crippen molar-refractivity contribution in [2.45, 2.75) is 26.8 Å². The molecule has 1 atom stereocenters. The van der Waals surface area contributed by atoms with Crippen LogP contribution in [0.1, 0.15) is 29.7 Å². The second-order valence-electron chi connectivity index (χ2n) is 8.48. The zero-order valence-electron chi connectivity index (χ0n) is 19.2. The van der Waals surface area contributed by atoms with Gasteiger partial charge in [0.15, 0.2) is 5.82 Å². The van der Waals surface area contributed by atoms with E-state index in [-0.39, 0.29) is 11.7 Å². The average Bonchev–Trinajstić information content (AvgIpc) is 3.24. The van der Waals surface area contributed by atoms with Gasteiger partial charge in [-0.1, -0.05) is 42.5 Å². The third kappa shape index (κ3) is 3.92. The number of allylic oxidation sites excluding steroid dienone is 1. The van der Waals surface area contributed by atoms with Crippen LogP contribution >= 0.6 is 0 Å². The molecule has 1 aliphatic heterocycles. The minimum Gasteiger partial charge on any atom is -0.508 e. The highest BCUT2D eigenvalue weighted by Gasteiger charge is 2.34. The number of benzene rings is 3. The largest absolute Gasteiger partial charge is 0.508 e. The first-order valence-electron chi connectivity index (χ1n) is 11.1. The molecular formula is C27H25N5O2. The van der Waals surface area contributed by atoms with Crippen LogP contribution in [0.15, 0.2) is 84.1 Å². The molecule has 0 fully saturated rings. The number of anilines is 2. The Kier molecular flexibility index (Phi) is 5.37. The van der Waals surface area contributed by atoms with Gasteiger partial charge in [-0.15, -0.1) is 5.10 Å². The van der Waals surface area contributed by atoms with Crippen LogP contribution in [-0.2, 0) is 4.79 Å². The summed E-state index contributed by atoms with van der Waals surface area (Å²) in [5.41, 5.74) is 5.85. The van der Waals surface area contributed by atoms with Gasteiger partial charge in [-0.05, 0) is 67.8 Å². The van der Waals surface area contributed by atoms with E-state index in [0.29, 0.717) is 28.7 Å². The van der Waals surface area contributed by atoms with Gasteiger partial charge in [-0.2, -0.15) is 4.98 Å². The topological polar surface area (TPSA) is 92.1 Å². The Morgan fingerprint density at radius 2 is 1.76 bits per heavy atom. The minimum atomic E-state index is -0.570. The van der Waals surface area contributed by atoms with E-state index < -0.39 is 6.04 Å². The predicted octanol–water partition coefficient (Wildman–Crippen LogP) is 5.20. The van der Waals surface area contributed by atoms with Crippen molar-refractivity contribution in [1.82, 2.24) is 14.8 Å². The standard InChI is InChI=1S/C27H25N5O2/c1-16-12-13-20(14-17(16)2)25-30-27-28-18(3)23(26(34)29-21-9-5-4-6-10-21)24(32(27)31-25)19-8-7-11-22(33)15-19/h4-15,24,33H,1-3H3,(H,29,34)(H,28,30,31). The van der Waals surface area contributed by atoms with Gasteiger partial charge in [0.05, 0.1) is 5.57 Å². The summed E-state index contributed by atoms with van der Waals surface area (Å²) in [6.07, 6.45) is 0. The smallest absolute Gasteiger partial charge is 0.255 e. The molecule has 0 aliphatic carbocycles. The lowest BCUT2D eigenvalue weighted by atomic mass is 9.95. The van der Waals surface area contributed by atoms with Crippen molar-refractivity contribution >= 4 is 17.5 Å². The number of aromatic hydroxyl groups is 1. The van der Waals surface area contributed by atoms with Crippen molar-refractivity contribution in [1.29, 1.82) is 0 Å². The second-order valence-corrected chi connectivity index (χ2v) is 8.48. The summed E-state index contributed by atoms with van der Waals surface area (Å²) in [6.45, 7) is 5.97. The summed E-state index contributed by atoms with van der Waals surface area (Å²) < 4.78 is 1.71. The maximum absolute atomic E-state index is 13.5. The van der Waals surface area contributed by atoms with E-state index in [0.717, 1.165) is 16.7 Å². The Bertz CT molecular complexity index is 1420. The Hall–Kier alpha value is -4.39. The molecule has 7 nitrogen and oxygen atoms in total. The van der Waals surface area contributed by atoms with Crippen molar-refractivity contribution in [3.05, 3.63) is 101 Å². The molecule has 2 heterocycles. The molecule has 3 aromatic carbocycles. The number of para-hydroxylation sites is 1. The number of aryl methyl sites for hydroxylation is 2. The summed E-state index contributed by atoms with van der Waals surface area (Å²) in [4.78, 5) is 18.2. The number of phenolic OH excluding ortho intramolecular Hbond substituents is 1. The molecule has 0 bridgehead atoms. The first-order chi connectivity index (χ1) is 16.4. The number of carbonyl (C=O) groups excluding carboxylic acids is 1. The highest BCUT2D eigenvalue weighted by molar-refractivity contribution is 6.06. The molecule has 1 amide bonds. The molecule has 0 saturated heterocycles. The Labute approximate surface area is 197 Å². The third-order valence-electron chi connectivity index (χ3n) is 6.08. The number of hydrogen-bond acceptors (Lipinski definition) is 5. The first-order valence-corrected chi connectivity index (χ1v) is 11.1. The fraction of sp³-hybridized carbons (Fsp3) is 0.148. The normalized spacial score (nSPS) is 15.0. The Balaban J connectivity index is 1.61. The highest BCUT2D eigenvalue weighted by Crippen LogP contribution is 2.37. The van der Waals surface area contributed by atoms with Crippen LogP contribution in [-0.4, -0.2) is 25.8 Å². The number of fused-ring (bicyclic) bond motifs is 1. The molecule has 5 rings (SSSR count). The fourth-order valence-electron chi connectivity index (χ4n) is 4.17. The van der Waals surface area contributed by atoms with Gasteiger partial charge in [0.2, 0.25) is 5.95 Å². The van der Waals surface area contributed by atoms with E-state index in [2.05, 4.69) is 30.5 Å². The molecule has 1 unspecified atom stereocenters. The maximum atomic E-state index is 13.5. The SMILES string of the molecule is CC1=C(C(=O)Nc2ccccc2)C(c2cccc(O)c2)n2nc(-c3ccc(C)c(C)c3)nc2N1. The van der Waals surface area contributed by atoms with Crippen LogP contribution in [0.3, 0.4) is 0 Å². The molecule has 34 heavy (non-hydrogen) atoms. The van der Waals surface area contributed by atoms with Crippen LogP contribution in [0, 0.1) is 13.8 Å². The van der Waals surface area contributed by atoms with Crippen LogP contribution in [0.5, 0.6) is 5.75 Å². The molecular weight excluding hydrogens is 426 g/mol. The predicted molar refractivity (Wildman–Crippen MR) is 133 cm³/mol. The summed E-state index contributed by atoms with van der Waals surface area (Å²) in [7, 11) is 0. The van der Waals surface area contributed by atoms with Gasteiger partial charge in [0.1, 0.15) is 11.8 Å². The van der Waals surface area contributed by atoms with Crippen LogP contribution in [0.25, 0.3) is 11.4 Å². The number of rotatable bonds is 4. The number of nitrogens with zero attached hydrogens (tertiary/aromatic N) is 3. The Morgan fingerprint density at radius 1 is 0.971 bits per heavy atom. The van der Waals surface area contributed by atoms with Crippen molar-refractivity contribution < 1.29 is 9.90 Å². The second kappa shape index (κ2) is 8.51. The van der Waals surface area contributed by atoms with Gasteiger partial charge >= 0.3 is 0 Å². The minimum absolute atomic E-state index is 0.118. The number of phenols is 1. The average molecular weight is 452 g/mol. The van der Waals surface area contributed by atoms with Crippen LogP contribution < -0.4 is 10.6 Å². The number of carbonyl (C=O) groups is 1. The zero-order valence-corrected chi connectivity index (χ0v) is 19.2. The molecule has 0 saturated carbocycles. The van der Waals surface area contributed by atoms with E-state index in [4.69, 9.17) is 10.1 Å². The van der Waals surface area contributed by atoms with E-state index >= 15 is 0 Å². The van der Waals surface area contributed by atoms with E-state index in [1.165, 1.54) is 5.56 Å². The van der Waals surface area contributed by atoms with Crippen LogP contribution in [0.4, 0.5) is 11.6 Å². The fourth-order valence-corrected chi connectivity index (χ4v) is 4.17. The third-order valence-corrected chi connectivity index (χ3v) is 6.08. The summed E-state index contributed by atoms with van der Waals surface area (Å²) in [6, 6.07) is 21.7. The quantitative estimate of drug-likeness (QED) is 0.397. The van der Waals surface area contributed by atoms with Gasteiger partial charge in [-0.25, -0.2) is 4.68 Å². The van der Waals surface area contributed by atoms with Crippen molar-refractivity contribution in [2.24, 2.45) is 0 Å². The summed E-state index contributed by atoms with van der Waals surface area (Å²) in [5, 5.41) is 21.2. The van der Waals surface area contributed by atoms with Crippen molar-refractivity contribution in [3.63, 3.8) is 0 Å². The molecule has 0 radical (unpaired) electrons. The lowest BCUT2D eigenvalue weighted by Crippen LogP contribution is -2.31. The number of amides is 1. The highest BCUT2D eigenvalue weighted by atomic mass is 16.3. The molecule has 1 aliphatic rings. The van der Waals surface area contributed by atoms with Crippen LogP contribution in [0.2, 0.25) is 0 Å². The van der Waals surface area contributed by atoms with Gasteiger partial charge in [0, 0.05) is 16.9 Å². The number of aromatic nitrogens is 3. The molecule has 4 aromatic rings. The lowest BCUT2D eigenvalue weighted by molar-refractivity contribution is -0.113. The van der Waals surface area contributed by atoms with E-state index in [1.807, 2.05) is 55.5 Å². The number of hydrogen-bond donors (Lipinski definition) is 3. The molecule has 0 spiro atoms. The zero-order chi connectivity index (χ0) is 23.8. The molecule has 1 aromatic heterocycles. The van der Waals surface area contributed by atoms with Crippen molar-refractivity contribution in [2.75, 3.05) is 10.6 Å². The summed E-state index contributed by atoms with van der Waals surface area (Å²) in [5.74, 6) is 0.967. The summed E-state index contributed by atoms with van der Waals surface area (Å²) >= 11 is 0.